The number of halogens is 1. The molecule has 0 aliphatic rings. The van der Waals surface area contributed by atoms with E-state index >= 15 is 0 Å². The lowest BCUT2D eigenvalue weighted by molar-refractivity contribution is -0.123. The van der Waals surface area contributed by atoms with Crippen LogP contribution < -0.4 is 11.1 Å². The fraction of sp³-hybridized carbons (Fsp3) is 0.194. The molecule has 0 saturated carbocycles. The number of benzene rings is 2. The van der Waals surface area contributed by atoms with Gasteiger partial charge in [-0.2, -0.15) is 5.10 Å². The highest BCUT2D eigenvalue weighted by molar-refractivity contribution is 7.90. The lowest BCUT2D eigenvalue weighted by Gasteiger charge is -2.17. The van der Waals surface area contributed by atoms with Crippen molar-refractivity contribution in [3.8, 4) is 33.9 Å². The summed E-state index contributed by atoms with van der Waals surface area (Å²) in [7, 11) is -3.66. The third-order valence-corrected chi connectivity index (χ3v) is 8.38. The Morgan fingerprint density at radius 3 is 2.52 bits per heavy atom. The fourth-order valence-corrected chi connectivity index (χ4v) is 5.41. The van der Waals surface area contributed by atoms with Crippen LogP contribution in [0, 0.1) is 11.2 Å². The molecule has 6 aromatic rings. The smallest absolute Gasteiger partial charge is 0.229 e. The highest BCUT2D eigenvalue weighted by Crippen LogP contribution is 2.34. The number of anilines is 1. The monoisotopic (exact) mass is 612 g/mol. The molecule has 2 aromatic carbocycles. The maximum absolute atomic E-state index is 14.6. The molecule has 1 atom stereocenters. The summed E-state index contributed by atoms with van der Waals surface area (Å²) in [5.74, 6) is -0.310. The first-order valence-electron chi connectivity index (χ1n) is 13.6. The van der Waals surface area contributed by atoms with E-state index in [1.807, 2.05) is 45.0 Å². The Labute approximate surface area is 252 Å². The SMILES string of the molecule is CC(C)(C)C(=O)Nc1cncc(-c2ccc3[nH]nc(-c4nc5c(-c6cc(F)cc(C(N)S(C)(=O)=O)c6)nccc5[nH]4)c3c2)c1. The zero-order valence-electron chi connectivity index (χ0n) is 24.3. The van der Waals surface area contributed by atoms with E-state index in [0.717, 1.165) is 34.4 Å². The zero-order valence-corrected chi connectivity index (χ0v) is 25.1. The van der Waals surface area contributed by atoms with Crippen molar-refractivity contribution in [2.45, 2.75) is 26.1 Å². The maximum Gasteiger partial charge on any atom is 0.229 e. The number of pyridine rings is 2. The van der Waals surface area contributed by atoms with E-state index in [-0.39, 0.29) is 11.5 Å². The highest BCUT2D eigenvalue weighted by atomic mass is 32.2. The van der Waals surface area contributed by atoms with Crippen LogP contribution in [0.4, 0.5) is 10.1 Å². The molecule has 0 bridgehead atoms. The van der Waals surface area contributed by atoms with Crippen LogP contribution in [0.15, 0.2) is 67.1 Å². The molecule has 1 unspecified atom stereocenters. The van der Waals surface area contributed by atoms with Gasteiger partial charge in [-0.25, -0.2) is 17.8 Å². The Morgan fingerprint density at radius 1 is 0.977 bits per heavy atom. The van der Waals surface area contributed by atoms with Gasteiger partial charge in [-0.3, -0.25) is 19.9 Å². The Morgan fingerprint density at radius 2 is 1.77 bits per heavy atom. The first-order chi connectivity index (χ1) is 20.8. The molecular formula is C31H29FN8O3S. The topological polar surface area (TPSA) is 172 Å². The summed E-state index contributed by atoms with van der Waals surface area (Å²) in [5, 5.41) is 9.85. The van der Waals surface area contributed by atoms with Crippen LogP contribution in [-0.2, 0) is 14.6 Å². The number of sulfone groups is 1. The number of fused-ring (bicyclic) bond motifs is 2. The number of H-pyrrole nitrogens is 2. The molecular weight excluding hydrogens is 583 g/mol. The number of hydrogen-bond donors (Lipinski definition) is 4. The molecule has 0 aliphatic heterocycles. The van der Waals surface area contributed by atoms with E-state index in [1.54, 1.807) is 24.7 Å². The molecule has 4 heterocycles. The van der Waals surface area contributed by atoms with Crippen molar-refractivity contribution in [2.24, 2.45) is 11.1 Å². The molecule has 4 aromatic heterocycles. The summed E-state index contributed by atoms with van der Waals surface area (Å²) in [6, 6.07) is 13.3. The largest absolute Gasteiger partial charge is 0.336 e. The van der Waals surface area contributed by atoms with Gasteiger partial charge >= 0.3 is 0 Å². The molecule has 0 fully saturated rings. The summed E-state index contributed by atoms with van der Waals surface area (Å²) in [4.78, 5) is 29.3. The number of aromatic amines is 2. The van der Waals surface area contributed by atoms with Gasteiger partial charge < -0.3 is 16.0 Å². The van der Waals surface area contributed by atoms with Crippen LogP contribution in [0.2, 0.25) is 0 Å². The van der Waals surface area contributed by atoms with Crippen LogP contribution in [0.3, 0.4) is 0 Å². The molecule has 5 N–H and O–H groups in total. The highest BCUT2D eigenvalue weighted by Gasteiger charge is 2.23. The van der Waals surface area contributed by atoms with Gasteiger partial charge in [0, 0.05) is 40.6 Å². The van der Waals surface area contributed by atoms with Gasteiger partial charge in [-0.05, 0) is 53.6 Å². The van der Waals surface area contributed by atoms with E-state index in [0.29, 0.717) is 39.5 Å². The minimum absolute atomic E-state index is 0.111. The fourth-order valence-electron chi connectivity index (χ4n) is 4.78. The van der Waals surface area contributed by atoms with Gasteiger partial charge in [-0.1, -0.05) is 26.8 Å². The summed E-state index contributed by atoms with van der Waals surface area (Å²) < 4.78 is 38.7. The molecule has 0 aliphatic carbocycles. The number of nitrogens with one attached hydrogen (secondary N) is 3. The minimum atomic E-state index is -3.66. The predicted molar refractivity (Wildman–Crippen MR) is 167 cm³/mol. The second kappa shape index (κ2) is 10.6. The standard InChI is InChI=1S/C31H29FN8O3S/c1-31(2,3)30(41)36-21-12-19(14-34-15-21)16-5-6-23-22(13-16)26(40-39-23)29-37-24-7-8-35-25(27(24)38-29)17-9-18(11-20(32)10-17)28(33)44(4,42)43/h5-15,28H,33H2,1-4H3,(H,36,41)(H,37,38)(H,39,40). The quantitative estimate of drug-likeness (QED) is 0.195. The summed E-state index contributed by atoms with van der Waals surface area (Å²) in [6.45, 7) is 5.53. The van der Waals surface area contributed by atoms with Crippen molar-refractivity contribution in [3.63, 3.8) is 0 Å². The van der Waals surface area contributed by atoms with E-state index < -0.39 is 26.4 Å². The van der Waals surface area contributed by atoms with Crippen LogP contribution in [0.5, 0.6) is 0 Å². The number of nitrogens with two attached hydrogens (primary N) is 1. The molecule has 11 nitrogen and oxygen atoms in total. The number of rotatable bonds is 6. The number of hydrogen-bond acceptors (Lipinski definition) is 8. The third kappa shape index (κ3) is 5.54. The van der Waals surface area contributed by atoms with Crippen molar-refractivity contribution in [2.75, 3.05) is 11.6 Å². The molecule has 224 valence electrons. The summed E-state index contributed by atoms with van der Waals surface area (Å²) in [5.41, 5.74) is 10.8. The number of carbonyl (C=O) groups excluding carboxylic acids is 1. The normalized spacial score (nSPS) is 13.0. The lowest BCUT2D eigenvalue weighted by atomic mass is 9.95. The molecule has 6 rings (SSSR count). The molecule has 0 spiro atoms. The second-order valence-corrected chi connectivity index (χ2v) is 13.8. The van der Waals surface area contributed by atoms with Crippen molar-refractivity contribution in [3.05, 3.63) is 78.5 Å². The number of amides is 1. The van der Waals surface area contributed by atoms with Crippen LogP contribution in [0.25, 0.3) is 55.8 Å². The number of carbonyl (C=O) groups is 1. The van der Waals surface area contributed by atoms with Crippen molar-refractivity contribution < 1.29 is 17.6 Å². The molecule has 0 radical (unpaired) electrons. The number of imidazole rings is 1. The Hall–Kier alpha value is -5.01. The van der Waals surface area contributed by atoms with Crippen LogP contribution in [-0.4, -0.2) is 50.7 Å². The van der Waals surface area contributed by atoms with Crippen LogP contribution in [0.1, 0.15) is 31.7 Å². The van der Waals surface area contributed by atoms with Gasteiger partial charge in [0.15, 0.2) is 15.7 Å². The number of aromatic nitrogens is 6. The molecule has 13 heteroatoms. The van der Waals surface area contributed by atoms with Crippen LogP contribution >= 0.6 is 0 Å². The van der Waals surface area contributed by atoms with Gasteiger partial charge in [0.25, 0.3) is 0 Å². The molecule has 0 saturated heterocycles. The van der Waals surface area contributed by atoms with Gasteiger partial charge in [0.1, 0.15) is 22.4 Å². The maximum atomic E-state index is 14.6. The van der Waals surface area contributed by atoms with E-state index in [9.17, 15) is 17.6 Å². The first-order valence-corrected chi connectivity index (χ1v) is 15.6. The van der Waals surface area contributed by atoms with Crippen molar-refractivity contribution >= 4 is 43.4 Å². The second-order valence-electron chi connectivity index (χ2n) is 11.7. The van der Waals surface area contributed by atoms with Gasteiger partial charge in [-0.15, -0.1) is 0 Å². The van der Waals surface area contributed by atoms with Crippen molar-refractivity contribution in [1.29, 1.82) is 0 Å². The summed E-state index contributed by atoms with van der Waals surface area (Å²) >= 11 is 0. The average molecular weight is 613 g/mol. The van der Waals surface area contributed by atoms with E-state index in [1.165, 1.54) is 12.1 Å². The van der Waals surface area contributed by atoms with Gasteiger partial charge in [0.05, 0.1) is 28.6 Å². The molecule has 1 amide bonds. The Kier molecular flexibility index (Phi) is 7.01. The average Bonchev–Trinajstić information content (AvgIpc) is 3.59. The Bertz CT molecular complexity index is 2180. The zero-order chi connectivity index (χ0) is 31.4. The summed E-state index contributed by atoms with van der Waals surface area (Å²) in [6.07, 6.45) is 5.87. The Balaban J connectivity index is 1.40. The van der Waals surface area contributed by atoms with E-state index in [2.05, 4.69) is 30.5 Å². The molecule has 44 heavy (non-hydrogen) atoms. The predicted octanol–water partition coefficient (Wildman–Crippen LogP) is 5.36. The first kappa shape index (κ1) is 29.1. The third-order valence-electron chi connectivity index (χ3n) is 7.18. The van der Waals surface area contributed by atoms with Crippen molar-refractivity contribution in [1.82, 2.24) is 30.1 Å². The van der Waals surface area contributed by atoms with Gasteiger partial charge in [0.2, 0.25) is 5.91 Å². The number of nitrogens with zero attached hydrogens (tertiary/aromatic N) is 4. The lowest BCUT2D eigenvalue weighted by Crippen LogP contribution is -2.27. The van der Waals surface area contributed by atoms with E-state index in [4.69, 9.17) is 10.7 Å². The minimum Gasteiger partial charge on any atom is -0.336 e.